The van der Waals surface area contributed by atoms with Gasteiger partial charge in [-0.3, -0.25) is 47.9 Å². The summed E-state index contributed by atoms with van der Waals surface area (Å²) in [4.78, 5) is 161. The highest BCUT2D eigenvalue weighted by Crippen LogP contribution is 2.43. The van der Waals surface area contributed by atoms with Gasteiger partial charge in [-0.2, -0.15) is 0 Å². The molecule has 354 valence electrons. The van der Waals surface area contributed by atoms with Crippen molar-refractivity contribution in [3.8, 4) is 0 Å². The molecular formula is C48H48O19. The fourth-order valence-electron chi connectivity index (χ4n) is 7.27. The first-order chi connectivity index (χ1) is 31.0. The molecule has 0 spiro atoms. The third-order valence-electron chi connectivity index (χ3n) is 10.5. The van der Waals surface area contributed by atoms with E-state index < -0.39 is 70.9 Å². The normalized spacial score (nSPS) is 15.7. The minimum Gasteiger partial charge on any atom is -0.481 e. The summed E-state index contributed by atoms with van der Waals surface area (Å²) in [6.45, 7) is 10.8. The van der Waals surface area contributed by atoms with Crippen LogP contribution in [0.2, 0.25) is 0 Å². The zero-order valence-electron chi connectivity index (χ0n) is 37.9. The van der Waals surface area contributed by atoms with Crippen LogP contribution in [-0.4, -0.2) is 110 Å². The highest BCUT2D eigenvalue weighted by atomic mass is 16.6. The minimum absolute atomic E-state index is 0.0184. The number of carbonyl (C=O) groups excluding carboxylic acids is 11. The van der Waals surface area contributed by atoms with Gasteiger partial charge < -0.3 is 24.8 Å². The number of hydrogen-bond donors (Lipinski definition) is 3. The number of aliphatic carboxylic acids is 1. The molecule has 1 saturated carbocycles. The van der Waals surface area contributed by atoms with Gasteiger partial charge in [0.2, 0.25) is 0 Å². The van der Waals surface area contributed by atoms with Gasteiger partial charge in [0.05, 0.1) is 28.2 Å². The molecule has 3 aromatic carbocycles. The smallest absolute Gasteiger partial charge is 0.338 e. The summed E-state index contributed by atoms with van der Waals surface area (Å²) in [6.07, 6.45) is 0.173. The Kier molecular flexibility index (Phi) is 19.6. The molecule has 3 aromatic rings. The zero-order chi connectivity index (χ0) is 51.4. The fraction of sp³-hybridized carbons (Fsp3) is 0.333. The SMILES string of the molecule is CC(=O)C1CC(C(C)=O)C(C(=O)O)C1C(C)=O.CC(=O)c1cc(C(C)=O)c(C(=O)O)cc1C(C)=O.CC(=O)c1ccc(C(=O)OCCOC(=O)c2ccc(C(=O)O)c(C(C)=O)c2)cc1C(C)=O. The maximum Gasteiger partial charge on any atom is 0.338 e. The predicted molar refractivity (Wildman–Crippen MR) is 232 cm³/mol. The average molecular weight is 929 g/mol. The van der Waals surface area contributed by atoms with E-state index >= 15 is 0 Å². The molecule has 0 aromatic heterocycles. The molecule has 0 heterocycles. The van der Waals surface area contributed by atoms with E-state index in [9.17, 15) is 67.1 Å². The number of hydrogen-bond acceptors (Lipinski definition) is 16. The summed E-state index contributed by atoms with van der Waals surface area (Å²) in [5.41, 5.74) is -0.291. The molecule has 4 unspecified atom stereocenters. The maximum absolute atomic E-state index is 12.2. The van der Waals surface area contributed by atoms with Gasteiger partial charge in [0.25, 0.3) is 0 Å². The zero-order valence-corrected chi connectivity index (χ0v) is 37.9. The van der Waals surface area contributed by atoms with E-state index in [0.29, 0.717) is 0 Å². The van der Waals surface area contributed by atoms with Crippen LogP contribution in [0.15, 0.2) is 48.5 Å². The van der Waals surface area contributed by atoms with Gasteiger partial charge in [0.15, 0.2) is 34.7 Å². The topological polar surface area (TPSA) is 318 Å². The van der Waals surface area contributed by atoms with E-state index in [1.807, 2.05) is 0 Å². The average Bonchev–Trinajstić information content (AvgIpc) is 3.67. The van der Waals surface area contributed by atoms with Gasteiger partial charge in [-0.1, -0.05) is 0 Å². The lowest BCUT2D eigenvalue weighted by atomic mass is 9.82. The van der Waals surface area contributed by atoms with E-state index in [1.54, 1.807) is 0 Å². The monoisotopic (exact) mass is 928 g/mol. The Labute approximate surface area is 382 Å². The summed E-state index contributed by atoms with van der Waals surface area (Å²) >= 11 is 0. The number of esters is 2. The maximum atomic E-state index is 12.2. The van der Waals surface area contributed by atoms with Crippen LogP contribution in [-0.2, 0) is 28.7 Å². The van der Waals surface area contributed by atoms with Crippen molar-refractivity contribution < 1.29 is 91.9 Å². The molecule has 67 heavy (non-hydrogen) atoms. The van der Waals surface area contributed by atoms with Crippen molar-refractivity contribution >= 4 is 81.9 Å². The number of Topliss-reactive ketones (excluding diaryl/α,β-unsaturated/α-hetero) is 9. The second-order valence-corrected chi connectivity index (χ2v) is 15.4. The molecule has 0 radical (unpaired) electrons. The fourth-order valence-corrected chi connectivity index (χ4v) is 7.27. The molecule has 3 N–H and O–H groups in total. The number of carboxylic acid groups (broad SMARTS) is 3. The third kappa shape index (κ3) is 14.3. The van der Waals surface area contributed by atoms with Crippen molar-refractivity contribution in [1.82, 2.24) is 0 Å². The molecule has 4 rings (SSSR count). The van der Waals surface area contributed by atoms with Gasteiger partial charge in [0.1, 0.15) is 30.6 Å². The molecular weight excluding hydrogens is 881 g/mol. The van der Waals surface area contributed by atoms with Crippen LogP contribution in [0.25, 0.3) is 0 Å². The van der Waals surface area contributed by atoms with Crippen molar-refractivity contribution in [2.24, 2.45) is 23.7 Å². The number of aromatic carboxylic acids is 2. The second-order valence-electron chi connectivity index (χ2n) is 15.4. The van der Waals surface area contributed by atoms with Crippen LogP contribution in [0.1, 0.15) is 172 Å². The second kappa shape index (κ2) is 23.8. The molecule has 0 saturated heterocycles. The van der Waals surface area contributed by atoms with E-state index in [0.717, 1.165) is 18.2 Å². The molecule has 4 atom stereocenters. The van der Waals surface area contributed by atoms with Crippen molar-refractivity contribution in [3.05, 3.63) is 104 Å². The lowest BCUT2D eigenvalue weighted by molar-refractivity contribution is -0.149. The number of rotatable bonds is 17. The number of carbonyl (C=O) groups is 14. The largest absolute Gasteiger partial charge is 0.481 e. The first-order valence-corrected chi connectivity index (χ1v) is 20.1. The highest BCUT2D eigenvalue weighted by molar-refractivity contribution is 6.13. The molecule has 1 aliphatic carbocycles. The Morgan fingerprint density at radius 1 is 0.403 bits per heavy atom. The van der Waals surface area contributed by atoms with E-state index in [4.69, 9.17) is 24.8 Å². The molecule has 0 aliphatic heterocycles. The van der Waals surface area contributed by atoms with E-state index in [2.05, 4.69) is 0 Å². The van der Waals surface area contributed by atoms with Crippen LogP contribution < -0.4 is 0 Å². The molecule has 19 heteroatoms. The van der Waals surface area contributed by atoms with Gasteiger partial charge >= 0.3 is 29.8 Å². The van der Waals surface area contributed by atoms with Crippen LogP contribution >= 0.6 is 0 Å². The van der Waals surface area contributed by atoms with Crippen molar-refractivity contribution in [2.45, 2.75) is 68.7 Å². The summed E-state index contributed by atoms with van der Waals surface area (Å²) in [7, 11) is 0. The Bertz CT molecular complexity index is 2390. The summed E-state index contributed by atoms with van der Waals surface area (Å²) in [6, 6.07) is 9.70. The van der Waals surface area contributed by atoms with E-state index in [1.165, 1.54) is 92.6 Å². The molecule has 19 nitrogen and oxygen atoms in total. The Hall–Kier alpha value is -7.96. The first kappa shape index (κ1) is 55.2. The number of carboxylic acids is 3. The lowest BCUT2D eigenvalue weighted by Crippen LogP contribution is -2.33. The van der Waals surface area contributed by atoms with Gasteiger partial charge in [0, 0.05) is 51.1 Å². The first-order valence-electron chi connectivity index (χ1n) is 20.1. The quantitative estimate of drug-likeness (QED) is 0.0829. The van der Waals surface area contributed by atoms with Crippen molar-refractivity contribution in [2.75, 3.05) is 13.2 Å². The number of ketones is 9. The number of benzene rings is 3. The standard InChI is InChI=1S/C23H20O9.C13H12O5.C12H16O5/c1-12(24)17-6-4-15(10-19(17)13(2)25)22(29)31-8-9-32-23(30)16-5-7-18(21(27)28)20(11-16)14(3)26;1-6(14)9-4-11(8(3)16)12(13(17)18)5-10(9)7(2)15;1-5(13)8-4-9(6(2)14)11(12(16)17)10(8)7(3)15/h4-7,10-11H,8-9H2,1-3H3,(H,27,28);4-5H,1-3H3,(H,17,18);8-11H,4H2,1-3H3,(H,16,17). The van der Waals surface area contributed by atoms with Crippen molar-refractivity contribution in [1.29, 1.82) is 0 Å². The highest BCUT2D eigenvalue weighted by Gasteiger charge is 2.52. The number of ether oxygens (including phenoxy) is 2. The molecule has 1 aliphatic rings. The Morgan fingerprint density at radius 2 is 0.716 bits per heavy atom. The van der Waals surface area contributed by atoms with Gasteiger partial charge in [-0.15, -0.1) is 0 Å². The summed E-state index contributed by atoms with van der Waals surface area (Å²) in [5, 5.41) is 27.2. The van der Waals surface area contributed by atoms with Crippen LogP contribution in [0.4, 0.5) is 0 Å². The summed E-state index contributed by atoms with van der Waals surface area (Å²) < 4.78 is 10.0. The lowest BCUT2D eigenvalue weighted by Gasteiger charge is -2.19. The minimum atomic E-state index is -1.31. The predicted octanol–water partition coefficient (Wildman–Crippen LogP) is 5.71. The molecule has 0 bridgehead atoms. The Morgan fingerprint density at radius 3 is 1.04 bits per heavy atom. The Balaban J connectivity index is 0.000000374. The van der Waals surface area contributed by atoms with Crippen LogP contribution in [0, 0.1) is 23.7 Å². The summed E-state index contributed by atoms with van der Waals surface area (Å²) in [5.74, 6) is -12.0. The van der Waals surface area contributed by atoms with Gasteiger partial charge in [-0.05, 0) is 117 Å². The van der Waals surface area contributed by atoms with Crippen LogP contribution in [0.5, 0.6) is 0 Å². The van der Waals surface area contributed by atoms with E-state index in [-0.39, 0.29) is 110 Å². The molecule has 1 fully saturated rings. The van der Waals surface area contributed by atoms with Gasteiger partial charge in [-0.25, -0.2) is 19.2 Å². The van der Waals surface area contributed by atoms with Crippen molar-refractivity contribution in [3.63, 3.8) is 0 Å². The molecule has 0 amide bonds. The van der Waals surface area contributed by atoms with Crippen LogP contribution in [0.3, 0.4) is 0 Å². The third-order valence-corrected chi connectivity index (χ3v) is 10.5.